The molecule has 0 spiro atoms. The van der Waals surface area contributed by atoms with Gasteiger partial charge in [-0.2, -0.15) is 0 Å². The number of aromatic hydroxyl groups is 1. The van der Waals surface area contributed by atoms with Gasteiger partial charge in [0.15, 0.2) is 11.4 Å². The SMILES string of the molecule is CN(C)c1cc(NC2CCC(Cc3ccccc3)CC2)c(O)c2c1C[C@@]1(C)C[C@@]3(C)[C@H](N(C)C)C(=O)C(C(N)=O)=C(O)[C@@]3(O)C(=O)C1=C2O. The lowest BCUT2D eigenvalue weighted by Gasteiger charge is -2.59. The fourth-order valence-corrected chi connectivity index (χ4v) is 9.56. The number of anilines is 2. The first-order valence-electron chi connectivity index (χ1n) is 17.0. The number of phenolic OH excluding ortho intramolecular Hbond substituents is 1. The van der Waals surface area contributed by atoms with Gasteiger partial charge in [0.1, 0.15) is 22.8 Å². The van der Waals surface area contributed by atoms with Crippen molar-refractivity contribution in [2.45, 2.75) is 76.5 Å². The second-order valence-corrected chi connectivity index (χ2v) is 15.5. The fourth-order valence-electron chi connectivity index (χ4n) is 9.56. The predicted molar refractivity (Wildman–Crippen MR) is 187 cm³/mol. The van der Waals surface area contributed by atoms with Gasteiger partial charge in [0, 0.05) is 42.2 Å². The summed E-state index contributed by atoms with van der Waals surface area (Å²) >= 11 is 0. The van der Waals surface area contributed by atoms with E-state index < -0.39 is 57.0 Å². The highest BCUT2D eigenvalue weighted by Crippen LogP contribution is 2.64. The molecule has 0 saturated heterocycles. The van der Waals surface area contributed by atoms with Crippen LogP contribution in [0.3, 0.4) is 0 Å². The van der Waals surface area contributed by atoms with Crippen molar-refractivity contribution >= 4 is 34.6 Å². The molecule has 0 bridgehead atoms. The first-order valence-corrected chi connectivity index (χ1v) is 17.0. The van der Waals surface area contributed by atoms with Crippen LogP contribution in [-0.2, 0) is 27.2 Å². The molecule has 2 aromatic rings. The number of ketones is 2. The molecule has 4 aliphatic carbocycles. The van der Waals surface area contributed by atoms with Crippen LogP contribution in [0, 0.1) is 16.7 Å². The number of fused-ring (bicyclic) bond motifs is 3. The fraction of sp³-hybridized carbons (Fsp3) is 0.500. The van der Waals surface area contributed by atoms with Crippen molar-refractivity contribution in [3.05, 3.63) is 70.0 Å². The van der Waals surface area contributed by atoms with Crippen molar-refractivity contribution in [1.82, 2.24) is 4.90 Å². The van der Waals surface area contributed by atoms with E-state index in [4.69, 9.17) is 5.73 Å². The summed E-state index contributed by atoms with van der Waals surface area (Å²) in [6, 6.07) is 11.2. The van der Waals surface area contributed by atoms with Gasteiger partial charge in [0.05, 0.1) is 17.3 Å². The summed E-state index contributed by atoms with van der Waals surface area (Å²) in [5.74, 6) is -4.36. The normalized spacial score (nSPS) is 31.3. The summed E-state index contributed by atoms with van der Waals surface area (Å²) < 4.78 is 0. The minimum Gasteiger partial charge on any atom is -0.508 e. The summed E-state index contributed by atoms with van der Waals surface area (Å²) in [7, 11) is 6.92. The third-order valence-corrected chi connectivity index (χ3v) is 11.7. The Morgan fingerprint density at radius 2 is 1.63 bits per heavy atom. The van der Waals surface area contributed by atoms with Crippen LogP contribution in [-0.4, -0.2) is 88.7 Å². The maximum absolute atomic E-state index is 14.6. The number of primary amides is 1. The average Bonchev–Trinajstić information content (AvgIpc) is 3.01. The second-order valence-electron chi connectivity index (χ2n) is 15.5. The standard InChI is InChI=1S/C38H48N4O7/c1-36-18-23-25(41(3)4)17-24(40-22-14-12-21(13-15-22)16-20-10-8-7-9-11-20)29(43)26(23)30(44)28(36)34(47)38(49)33(46)27(35(39)48)31(45)32(42(5)6)37(38,2)19-36/h7-11,17,21-22,32,40,43-44,46,49H,12-16,18-19H2,1-6H3,(H2,39,48)/t21?,22?,32-,36+,37+,38-/m1/s1. The van der Waals surface area contributed by atoms with E-state index in [2.05, 4.69) is 29.6 Å². The van der Waals surface area contributed by atoms with E-state index >= 15 is 0 Å². The number of likely N-dealkylation sites (N-methyl/N-ethyl adjacent to an activating group) is 1. The second kappa shape index (κ2) is 11.9. The molecular formula is C38H48N4O7. The highest BCUT2D eigenvalue weighted by Gasteiger charge is 2.72. The van der Waals surface area contributed by atoms with Gasteiger partial charge in [0.25, 0.3) is 5.91 Å². The molecular weight excluding hydrogens is 624 g/mol. The number of amides is 1. The van der Waals surface area contributed by atoms with Gasteiger partial charge < -0.3 is 36.4 Å². The lowest BCUT2D eigenvalue weighted by molar-refractivity contribution is -0.175. The first kappa shape index (κ1) is 34.5. The Morgan fingerprint density at radius 3 is 2.20 bits per heavy atom. The van der Waals surface area contributed by atoms with Crippen molar-refractivity contribution in [2.24, 2.45) is 22.5 Å². The van der Waals surface area contributed by atoms with Gasteiger partial charge >= 0.3 is 0 Å². The van der Waals surface area contributed by atoms with E-state index in [-0.39, 0.29) is 35.8 Å². The van der Waals surface area contributed by atoms with Crippen LogP contribution in [0.1, 0.15) is 62.6 Å². The van der Waals surface area contributed by atoms with E-state index in [0.717, 1.165) is 37.8 Å². The number of phenols is 1. The van der Waals surface area contributed by atoms with Crippen LogP contribution >= 0.6 is 0 Å². The molecule has 4 atom stereocenters. The molecule has 0 aromatic heterocycles. The van der Waals surface area contributed by atoms with Gasteiger partial charge in [-0.25, -0.2) is 0 Å². The molecule has 7 N–H and O–H groups in total. The van der Waals surface area contributed by atoms with Gasteiger partial charge in [-0.15, -0.1) is 0 Å². The molecule has 1 amide bonds. The van der Waals surface area contributed by atoms with Crippen LogP contribution in [0.4, 0.5) is 11.4 Å². The number of rotatable bonds is 7. The van der Waals surface area contributed by atoms with E-state index in [9.17, 15) is 34.8 Å². The average molecular weight is 673 g/mol. The van der Waals surface area contributed by atoms with E-state index in [0.29, 0.717) is 17.2 Å². The highest BCUT2D eigenvalue weighted by molar-refractivity contribution is 6.25. The number of aliphatic hydroxyl groups is 3. The number of benzene rings is 2. The Hall–Kier alpha value is -4.35. The maximum atomic E-state index is 14.6. The lowest BCUT2D eigenvalue weighted by atomic mass is 9.46. The largest absolute Gasteiger partial charge is 0.508 e. The number of nitrogens with two attached hydrogens (primary N) is 1. The predicted octanol–water partition coefficient (Wildman–Crippen LogP) is 4.02. The van der Waals surface area contributed by atoms with Gasteiger partial charge in [-0.1, -0.05) is 44.2 Å². The van der Waals surface area contributed by atoms with Crippen LogP contribution in [0.5, 0.6) is 5.75 Å². The molecule has 2 fully saturated rings. The van der Waals surface area contributed by atoms with Gasteiger partial charge in [-0.05, 0) is 82.2 Å². The van der Waals surface area contributed by atoms with E-state index in [1.165, 1.54) is 10.5 Å². The number of hydrogen-bond acceptors (Lipinski definition) is 10. The number of carbonyl (C=O) groups excluding carboxylic acids is 3. The summed E-state index contributed by atoms with van der Waals surface area (Å²) in [6.07, 6.45) is 5.05. The van der Waals surface area contributed by atoms with Crippen LogP contribution < -0.4 is 16.0 Å². The van der Waals surface area contributed by atoms with Crippen molar-refractivity contribution in [1.29, 1.82) is 0 Å². The third-order valence-electron chi connectivity index (χ3n) is 11.7. The molecule has 11 nitrogen and oxygen atoms in total. The smallest absolute Gasteiger partial charge is 0.255 e. The van der Waals surface area contributed by atoms with Gasteiger partial charge in [0.2, 0.25) is 5.78 Å². The number of Topliss-reactive ketones (excluding diaryl/α,β-unsaturated/α-hetero) is 2. The Labute approximate surface area is 287 Å². The summed E-state index contributed by atoms with van der Waals surface area (Å²) in [6.45, 7) is 3.32. The Balaban J connectivity index is 1.41. The molecule has 0 unspecified atom stereocenters. The lowest BCUT2D eigenvalue weighted by Crippen LogP contribution is -2.72. The molecule has 49 heavy (non-hydrogen) atoms. The van der Waals surface area contributed by atoms with Crippen molar-refractivity contribution in [3.63, 3.8) is 0 Å². The van der Waals surface area contributed by atoms with Gasteiger partial charge in [-0.3, -0.25) is 19.3 Å². The maximum Gasteiger partial charge on any atom is 0.255 e. The third kappa shape index (κ3) is 5.12. The molecule has 6 rings (SSSR count). The number of nitrogens with one attached hydrogen (secondary N) is 1. The zero-order valence-corrected chi connectivity index (χ0v) is 29.1. The monoisotopic (exact) mass is 672 g/mol. The first-order chi connectivity index (χ1) is 23.0. The number of hydrogen-bond donors (Lipinski definition) is 6. The summed E-state index contributed by atoms with van der Waals surface area (Å²) in [4.78, 5) is 44.1. The topological polar surface area (TPSA) is 177 Å². The zero-order chi connectivity index (χ0) is 35.8. The number of aliphatic hydroxyl groups excluding tert-OH is 2. The van der Waals surface area contributed by atoms with Crippen LogP contribution in [0.2, 0.25) is 0 Å². The Bertz CT molecular complexity index is 1790. The molecule has 262 valence electrons. The molecule has 0 heterocycles. The molecule has 11 heteroatoms. The zero-order valence-electron chi connectivity index (χ0n) is 29.1. The number of nitrogens with zero attached hydrogens (tertiary/aromatic N) is 2. The Morgan fingerprint density at radius 1 is 1.00 bits per heavy atom. The summed E-state index contributed by atoms with van der Waals surface area (Å²) in [5, 5.41) is 51.0. The Kier molecular flexibility index (Phi) is 8.39. The van der Waals surface area contributed by atoms with Crippen molar-refractivity contribution in [3.8, 4) is 5.75 Å². The molecule has 2 saturated carbocycles. The van der Waals surface area contributed by atoms with Crippen LogP contribution in [0.15, 0.2) is 53.3 Å². The van der Waals surface area contributed by atoms with Crippen molar-refractivity contribution in [2.75, 3.05) is 38.4 Å². The van der Waals surface area contributed by atoms with E-state index in [1.807, 2.05) is 31.1 Å². The van der Waals surface area contributed by atoms with Crippen LogP contribution in [0.25, 0.3) is 5.76 Å². The molecule has 0 aliphatic heterocycles. The summed E-state index contributed by atoms with van der Waals surface area (Å²) in [5.41, 5.74) is 2.16. The quantitative estimate of drug-likeness (QED) is 0.186. The minimum atomic E-state index is -2.76. The number of carbonyl (C=O) groups is 3. The van der Waals surface area contributed by atoms with E-state index in [1.54, 1.807) is 27.9 Å². The molecule has 4 aliphatic rings. The molecule has 2 aromatic carbocycles. The van der Waals surface area contributed by atoms with Crippen molar-refractivity contribution < 1.29 is 34.8 Å². The molecule has 0 radical (unpaired) electrons. The highest BCUT2D eigenvalue weighted by atomic mass is 16.3. The minimum absolute atomic E-state index is 0.0222.